The number of aryl methyl sites for hydroxylation is 1. The van der Waals surface area contributed by atoms with Crippen LogP contribution >= 0.6 is 0 Å². The Morgan fingerprint density at radius 3 is 2.68 bits per heavy atom. The Morgan fingerprint density at radius 2 is 1.93 bits per heavy atom. The van der Waals surface area contributed by atoms with Crippen LogP contribution in [0.15, 0.2) is 58.6 Å². The number of carbonyl (C=O) groups excluding carboxylic acids is 1. The number of rotatable bonds is 7. The summed E-state index contributed by atoms with van der Waals surface area (Å²) in [5.74, 6) is -0.419. The number of oxime groups is 1. The van der Waals surface area contributed by atoms with Gasteiger partial charge in [-0.3, -0.25) is 4.79 Å². The molecule has 2 aromatic rings. The molecular weight excluding hydrogens is 378 g/mol. The van der Waals surface area contributed by atoms with E-state index >= 15 is 0 Å². The highest BCUT2D eigenvalue weighted by atomic mass is 32.2. The summed E-state index contributed by atoms with van der Waals surface area (Å²) < 4.78 is 26.7. The molecule has 0 unspecified atom stereocenters. The molecule has 28 heavy (non-hydrogen) atoms. The van der Waals surface area contributed by atoms with Gasteiger partial charge in [0.15, 0.2) is 6.61 Å². The van der Waals surface area contributed by atoms with Gasteiger partial charge in [-0.2, -0.15) is 4.31 Å². The molecule has 0 atom stereocenters. The third-order valence-electron chi connectivity index (χ3n) is 4.47. The number of nitrogens with one attached hydrogen (secondary N) is 1. The Kier molecular flexibility index (Phi) is 6.43. The van der Waals surface area contributed by atoms with Gasteiger partial charge in [0.2, 0.25) is 10.0 Å². The van der Waals surface area contributed by atoms with Crippen LogP contribution in [0.1, 0.15) is 24.0 Å². The lowest BCUT2D eigenvalue weighted by Crippen LogP contribution is -2.28. The van der Waals surface area contributed by atoms with Crippen molar-refractivity contribution >= 4 is 27.8 Å². The highest BCUT2D eigenvalue weighted by Gasteiger charge is 2.27. The Balaban J connectivity index is 1.56. The molecule has 1 fully saturated rings. The van der Waals surface area contributed by atoms with Gasteiger partial charge < -0.3 is 10.2 Å². The van der Waals surface area contributed by atoms with Gasteiger partial charge in [0.05, 0.1) is 11.1 Å². The van der Waals surface area contributed by atoms with Gasteiger partial charge in [-0.05, 0) is 49.1 Å². The maximum absolute atomic E-state index is 12.6. The summed E-state index contributed by atoms with van der Waals surface area (Å²) in [7, 11) is -3.53. The van der Waals surface area contributed by atoms with E-state index in [1.54, 1.807) is 18.3 Å². The smallest absolute Gasteiger partial charge is 0.265 e. The Labute approximate surface area is 165 Å². The van der Waals surface area contributed by atoms with E-state index in [1.165, 1.54) is 16.4 Å². The minimum atomic E-state index is -3.53. The summed E-state index contributed by atoms with van der Waals surface area (Å²) in [5, 5.41) is 6.44. The molecule has 1 N–H and O–H groups in total. The van der Waals surface area contributed by atoms with Gasteiger partial charge in [-0.1, -0.05) is 35.5 Å². The summed E-state index contributed by atoms with van der Waals surface area (Å²) in [6.07, 6.45) is 3.29. The number of carbonyl (C=O) groups is 1. The van der Waals surface area contributed by atoms with Crippen molar-refractivity contribution in [1.29, 1.82) is 0 Å². The van der Waals surface area contributed by atoms with Crippen LogP contribution in [-0.2, 0) is 19.7 Å². The van der Waals surface area contributed by atoms with Crippen LogP contribution < -0.4 is 5.32 Å². The molecule has 1 heterocycles. The molecule has 1 aliphatic rings. The molecule has 0 bridgehead atoms. The van der Waals surface area contributed by atoms with E-state index in [1.807, 2.05) is 31.2 Å². The first kappa shape index (κ1) is 20.0. The van der Waals surface area contributed by atoms with E-state index in [9.17, 15) is 13.2 Å². The zero-order valence-corrected chi connectivity index (χ0v) is 16.5. The summed E-state index contributed by atoms with van der Waals surface area (Å²) in [4.78, 5) is 17.2. The molecule has 1 saturated heterocycles. The van der Waals surface area contributed by atoms with Crippen LogP contribution in [0.4, 0.5) is 5.69 Å². The second-order valence-corrected chi connectivity index (χ2v) is 8.49. The normalized spacial score (nSPS) is 15.0. The monoisotopic (exact) mass is 401 g/mol. The van der Waals surface area contributed by atoms with Gasteiger partial charge >= 0.3 is 0 Å². The van der Waals surface area contributed by atoms with Crippen LogP contribution in [0, 0.1) is 6.92 Å². The van der Waals surface area contributed by atoms with E-state index in [0.29, 0.717) is 18.8 Å². The van der Waals surface area contributed by atoms with Crippen molar-refractivity contribution in [3.63, 3.8) is 0 Å². The largest absolute Gasteiger partial charge is 0.386 e. The topological polar surface area (TPSA) is 88.1 Å². The van der Waals surface area contributed by atoms with E-state index < -0.39 is 15.9 Å². The predicted molar refractivity (Wildman–Crippen MR) is 108 cm³/mol. The lowest BCUT2D eigenvalue weighted by molar-refractivity contribution is -0.120. The van der Waals surface area contributed by atoms with Crippen molar-refractivity contribution in [3.05, 3.63) is 59.7 Å². The Hall–Kier alpha value is -2.71. The standard InChI is InChI=1S/C20H23N3O4S/c1-16-7-2-3-8-17(16)14-21-27-15-20(24)22-18-9-6-10-19(13-18)28(25,26)23-11-4-5-12-23/h2-3,6-10,13-14H,4-5,11-12,15H2,1H3,(H,22,24)/b21-14-. The first-order valence-corrected chi connectivity index (χ1v) is 10.5. The van der Waals surface area contributed by atoms with Crippen LogP contribution in [0.2, 0.25) is 0 Å². The fraction of sp³-hybridized carbons (Fsp3) is 0.300. The van der Waals surface area contributed by atoms with E-state index in [-0.39, 0.29) is 11.5 Å². The molecule has 2 aromatic carbocycles. The molecule has 1 amide bonds. The third-order valence-corrected chi connectivity index (χ3v) is 6.37. The van der Waals surface area contributed by atoms with Gasteiger partial charge in [-0.25, -0.2) is 8.42 Å². The van der Waals surface area contributed by atoms with Gasteiger partial charge in [-0.15, -0.1) is 0 Å². The lowest BCUT2D eigenvalue weighted by Gasteiger charge is -2.16. The zero-order valence-electron chi connectivity index (χ0n) is 15.7. The van der Waals surface area contributed by atoms with E-state index in [2.05, 4.69) is 10.5 Å². The van der Waals surface area contributed by atoms with Gasteiger partial charge in [0.25, 0.3) is 5.91 Å². The quantitative estimate of drug-likeness (QED) is 0.571. The summed E-state index contributed by atoms with van der Waals surface area (Å²) in [5.41, 5.74) is 2.36. The highest BCUT2D eigenvalue weighted by Crippen LogP contribution is 2.23. The minimum Gasteiger partial charge on any atom is -0.386 e. The molecule has 0 radical (unpaired) electrons. The van der Waals surface area contributed by atoms with Crippen molar-refractivity contribution in [2.75, 3.05) is 25.0 Å². The maximum atomic E-state index is 12.6. The molecule has 3 rings (SSSR count). The fourth-order valence-corrected chi connectivity index (χ4v) is 4.49. The number of anilines is 1. The molecule has 148 valence electrons. The Bertz CT molecular complexity index is 967. The zero-order chi connectivity index (χ0) is 20.0. The number of nitrogens with zero attached hydrogens (tertiary/aromatic N) is 2. The van der Waals surface area contributed by atoms with E-state index in [4.69, 9.17) is 4.84 Å². The summed E-state index contributed by atoms with van der Waals surface area (Å²) in [6, 6.07) is 13.9. The second kappa shape index (κ2) is 8.99. The Morgan fingerprint density at radius 1 is 1.18 bits per heavy atom. The first-order chi connectivity index (χ1) is 13.5. The average molecular weight is 401 g/mol. The first-order valence-electron chi connectivity index (χ1n) is 9.08. The molecule has 0 aliphatic carbocycles. The minimum absolute atomic E-state index is 0.172. The van der Waals surface area contributed by atoms with E-state index in [0.717, 1.165) is 24.0 Å². The average Bonchev–Trinajstić information content (AvgIpc) is 3.22. The molecule has 7 nitrogen and oxygen atoms in total. The molecule has 0 aromatic heterocycles. The maximum Gasteiger partial charge on any atom is 0.265 e. The lowest BCUT2D eigenvalue weighted by atomic mass is 10.1. The summed E-state index contributed by atoms with van der Waals surface area (Å²) >= 11 is 0. The number of hydrogen-bond acceptors (Lipinski definition) is 5. The molecular formula is C20H23N3O4S. The number of amides is 1. The van der Waals surface area contributed by atoms with Gasteiger partial charge in [0.1, 0.15) is 0 Å². The van der Waals surface area contributed by atoms with Gasteiger partial charge in [0, 0.05) is 18.8 Å². The van der Waals surface area contributed by atoms with Crippen molar-refractivity contribution in [3.8, 4) is 0 Å². The molecule has 0 spiro atoms. The van der Waals surface area contributed by atoms with Crippen molar-refractivity contribution in [2.45, 2.75) is 24.7 Å². The highest BCUT2D eigenvalue weighted by molar-refractivity contribution is 7.89. The van der Waals surface area contributed by atoms with Crippen molar-refractivity contribution < 1.29 is 18.0 Å². The van der Waals surface area contributed by atoms with Crippen LogP contribution in [0.5, 0.6) is 0 Å². The second-order valence-electron chi connectivity index (χ2n) is 6.55. The van der Waals surface area contributed by atoms with Crippen LogP contribution in [-0.4, -0.2) is 44.5 Å². The number of sulfonamides is 1. The SMILES string of the molecule is Cc1ccccc1/C=N\OCC(=O)Nc1cccc(S(=O)(=O)N2CCCC2)c1. The molecule has 0 saturated carbocycles. The summed E-state index contributed by atoms with van der Waals surface area (Å²) in [6.45, 7) is 2.75. The van der Waals surface area contributed by atoms with Crippen molar-refractivity contribution in [2.24, 2.45) is 5.16 Å². The third kappa shape index (κ3) is 4.96. The number of benzene rings is 2. The molecule has 8 heteroatoms. The number of hydrogen-bond donors (Lipinski definition) is 1. The predicted octanol–water partition coefficient (Wildman–Crippen LogP) is 2.77. The van der Waals surface area contributed by atoms with Crippen LogP contribution in [0.3, 0.4) is 0 Å². The molecule has 1 aliphatic heterocycles. The van der Waals surface area contributed by atoms with Crippen LogP contribution in [0.25, 0.3) is 0 Å². The fourth-order valence-electron chi connectivity index (χ4n) is 2.93. The van der Waals surface area contributed by atoms with Crippen molar-refractivity contribution in [1.82, 2.24) is 4.31 Å².